The number of nitrogens with two attached hydrogens (primary N) is 3. The molecule has 0 saturated carbocycles. The number of H-pyrrole nitrogens is 1. The summed E-state index contributed by atoms with van der Waals surface area (Å²) in [6, 6.07) is 9.10. The van der Waals surface area contributed by atoms with Crippen LogP contribution in [0.3, 0.4) is 0 Å². The molecule has 15 atom stereocenters. The van der Waals surface area contributed by atoms with Crippen molar-refractivity contribution >= 4 is 124 Å². The number of carbonyl (C=O) groups is 17. The minimum Gasteiger partial charge on any atom is -0.508 e. The van der Waals surface area contributed by atoms with Crippen molar-refractivity contribution in [3.8, 4) is 5.75 Å². The van der Waals surface area contributed by atoms with Crippen LogP contribution in [0.15, 0.2) is 128 Å². The zero-order chi connectivity index (χ0) is 99.2. The number of aliphatic hydroxyl groups excluding tert-OH is 2. The average Bonchev–Trinajstić information content (AvgIpc) is 1.62. The number of rotatable bonds is 51. The van der Waals surface area contributed by atoms with E-state index in [9.17, 15) is 82.7 Å². The standard InChI is InChI=1S/C92H118F3N17O22S/c1-7-8-26-70(91(133)112-46-59(116)40-72(112)86(128)101-56(47-113)39-77(119)120)108(4)90(132)74(37-52-21-13-10-14-22-52)110(6)88(130)67(35-54-32-61(93)79(95)62(94)33-54)102-76(118)49-135-48-69(81(123)100-44-75(97)117)107-82(124)64(25-17-18-31-96)103-83(125)65(34-53-27-29-57(114)30-28-53)104-84(126)66(38-55-43-99-63-24-16-15-23-60(55)63)105-87(129)73-41-58(115)45-111(73)89(131)68(42-78(121)122)106-85(127)71(36-51-19-11-9-12-20-51)109(5)92(134)80(98)50(2)3/h9-16,19-24,27-30,32-33,43,47,50,56,58-59,64-74,80,99,114-116H,7-8,17-18,25-26,31,34-42,44-46,48-49,96,98H2,1-6H3,(H2,97,117)(H,100,123)(H,101,128)(H,102,118)(H,103,125)(H,104,126)(H,105,129)(H,106,127)(H,107,124)(H,119,120)(H,121,122)/t56-,58+,59+,64-,65-,66-,67-,68-,69-,70-,71?,72+,73+,74-,80-/m0/s1. The summed E-state index contributed by atoms with van der Waals surface area (Å²) in [6.07, 6.45) is -4.89. The number of aromatic amines is 1. The Labute approximate surface area is 780 Å². The van der Waals surface area contributed by atoms with Gasteiger partial charge < -0.3 is 120 Å². The van der Waals surface area contributed by atoms with Crippen molar-refractivity contribution in [2.75, 3.05) is 58.8 Å². The van der Waals surface area contributed by atoms with Crippen LogP contribution in [0.4, 0.5) is 13.2 Å². The predicted molar refractivity (Wildman–Crippen MR) is 485 cm³/mol. The first-order chi connectivity index (χ1) is 64.1. The average molecular weight is 1900 g/mol. The summed E-state index contributed by atoms with van der Waals surface area (Å²) in [7, 11) is 3.74. The number of aliphatic hydroxyl groups is 2. The highest BCUT2D eigenvalue weighted by Gasteiger charge is 2.48. The number of aldehydes is 1. The summed E-state index contributed by atoms with van der Waals surface area (Å²) >= 11 is 0.626. The highest BCUT2D eigenvalue weighted by Crippen LogP contribution is 2.29. The van der Waals surface area contributed by atoms with Crippen LogP contribution >= 0.6 is 11.8 Å². The number of aromatic nitrogens is 1. The van der Waals surface area contributed by atoms with Crippen molar-refractivity contribution < 1.29 is 120 Å². The summed E-state index contributed by atoms with van der Waals surface area (Å²) in [5.41, 5.74) is 19.5. The van der Waals surface area contributed by atoms with E-state index in [2.05, 4.69) is 47.5 Å². The molecule has 43 heteroatoms. The molecule has 0 bridgehead atoms. The normalized spacial score (nSPS) is 17.1. The van der Waals surface area contributed by atoms with Crippen molar-refractivity contribution in [3.05, 3.63) is 173 Å². The molecule has 2 saturated heterocycles. The molecule has 2 aliphatic rings. The van der Waals surface area contributed by atoms with Gasteiger partial charge in [0.2, 0.25) is 82.7 Å². The van der Waals surface area contributed by atoms with E-state index in [0.29, 0.717) is 69.9 Å². The third-order valence-electron chi connectivity index (χ3n) is 23.3. The van der Waals surface area contributed by atoms with Gasteiger partial charge in [-0.3, -0.25) is 76.7 Å². The number of carboxylic acids is 2. The fourth-order valence-corrected chi connectivity index (χ4v) is 16.7. The summed E-state index contributed by atoms with van der Waals surface area (Å²) in [5.74, 6) is -24.3. The van der Waals surface area contributed by atoms with Crippen molar-refractivity contribution in [1.29, 1.82) is 0 Å². The number of aromatic hydroxyl groups is 1. The van der Waals surface area contributed by atoms with E-state index in [1.165, 1.54) is 38.4 Å². The van der Waals surface area contributed by atoms with E-state index in [-0.39, 0.29) is 81.4 Å². The molecule has 2 fully saturated rings. The van der Waals surface area contributed by atoms with Crippen molar-refractivity contribution in [1.82, 2.24) is 72.0 Å². The van der Waals surface area contributed by atoms with Gasteiger partial charge in [0, 0.05) is 102 Å². The molecule has 0 spiro atoms. The molecule has 8 rings (SSSR count). The van der Waals surface area contributed by atoms with Gasteiger partial charge in [0.25, 0.3) is 0 Å². The number of thioether (sulfide) groups is 1. The van der Waals surface area contributed by atoms with Gasteiger partial charge in [-0.1, -0.05) is 125 Å². The third-order valence-corrected chi connectivity index (χ3v) is 24.4. The summed E-state index contributed by atoms with van der Waals surface area (Å²) in [4.78, 5) is 248. The Morgan fingerprint density at radius 3 is 1.62 bits per heavy atom. The second kappa shape index (κ2) is 51.2. The van der Waals surface area contributed by atoms with E-state index in [0.717, 1.165) is 31.5 Å². The Bertz CT molecular complexity index is 5180. The summed E-state index contributed by atoms with van der Waals surface area (Å²) in [5, 5.41) is 72.8. The van der Waals surface area contributed by atoms with Crippen LogP contribution < -0.4 is 59.7 Å². The van der Waals surface area contributed by atoms with E-state index < -0.39 is 266 Å². The number of unbranched alkanes of at least 4 members (excludes halogenated alkanes) is 2. The summed E-state index contributed by atoms with van der Waals surface area (Å²) < 4.78 is 44.9. The quantitative estimate of drug-likeness (QED) is 0.0129. The SMILES string of the molecule is CCCC[C@@H](C(=O)N1C[C@H](O)C[C@@H]1C(=O)N[C@H](C=O)CC(=O)O)N(C)C(=O)[C@H](Cc1ccccc1)N(C)C(=O)[C@H](Cc1cc(F)c(F)c(F)c1)NC(=O)CSC[C@H](NC(=O)[C@H](CCCCN)NC(=O)[C@H](Cc1ccc(O)cc1)NC(=O)[C@H](Cc1c[nH]c2ccccc12)NC(=O)[C@H]1C[C@@H](O)CN1C(=O)[C@H](CC(=O)O)NC(=O)C(Cc1ccccc1)N(C)C(=O)[C@@H](N)C(C)C)C(=O)NCC(N)=O. The number of halogens is 3. The van der Waals surface area contributed by atoms with Gasteiger partial charge >= 0.3 is 11.9 Å². The molecule has 1 aromatic heterocycles. The lowest BCUT2D eigenvalue weighted by molar-refractivity contribution is -0.152. The number of nitrogens with one attached hydrogen (secondary N) is 9. The Hall–Kier alpha value is -13.4. The van der Waals surface area contributed by atoms with Crippen molar-refractivity contribution in [3.63, 3.8) is 0 Å². The second-order valence-electron chi connectivity index (χ2n) is 33.8. The van der Waals surface area contributed by atoms with E-state index in [1.54, 1.807) is 112 Å². The first-order valence-corrected chi connectivity index (χ1v) is 45.2. The number of β-amino-alcohol motifs (C(OH)–C–C–N with tert-alkyl or cyclic N) is 2. The fraction of sp³-hybridized carbons (Fsp3) is 0.467. The number of amides is 14. The van der Waals surface area contributed by atoms with Gasteiger partial charge in [0.1, 0.15) is 78.5 Å². The van der Waals surface area contributed by atoms with E-state index in [1.807, 2.05) is 0 Å². The Morgan fingerprint density at radius 1 is 0.541 bits per heavy atom. The molecular weight excluding hydrogens is 1780 g/mol. The van der Waals surface area contributed by atoms with Crippen LogP contribution in [0, 0.1) is 23.4 Å². The highest BCUT2D eigenvalue weighted by atomic mass is 32.2. The number of likely N-dealkylation sites (N-methyl/N-ethyl adjacent to an activating group) is 3. The number of phenols is 1. The minimum atomic E-state index is -1.93. The number of hydrogen-bond donors (Lipinski definition) is 17. The van der Waals surface area contributed by atoms with Gasteiger partial charge in [-0.15, -0.1) is 11.8 Å². The molecule has 0 aliphatic carbocycles. The molecule has 730 valence electrons. The van der Waals surface area contributed by atoms with Crippen LogP contribution in [0.5, 0.6) is 5.75 Å². The Balaban J connectivity index is 1.05. The molecule has 0 radical (unpaired) electrons. The monoisotopic (exact) mass is 1900 g/mol. The third kappa shape index (κ3) is 30.8. The van der Waals surface area contributed by atoms with Crippen LogP contribution in [0.1, 0.15) is 113 Å². The first kappa shape index (κ1) is 107. The summed E-state index contributed by atoms with van der Waals surface area (Å²) in [6.45, 7) is 3.41. The van der Waals surface area contributed by atoms with Crippen LogP contribution in [-0.4, -0.2) is 306 Å². The lowest BCUT2D eigenvalue weighted by atomic mass is 9.99. The molecule has 1 unspecified atom stereocenters. The Morgan fingerprint density at radius 2 is 1.05 bits per heavy atom. The van der Waals surface area contributed by atoms with Crippen LogP contribution in [0.2, 0.25) is 0 Å². The zero-order valence-corrected chi connectivity index (χ0v) is 76.3. The fourth-order valence-electron chi connectivity index (χ4n) is 15.9. The highest BCUT2D eigenvalue weighted by molar-refractivity contribution is 8.00. The van der Waals surface area contributed by atoms with Gasteiger partial charge in [0.05, 0.1) is 49.4 Å². The number of benzene rings is 5. The number of carboxylic acid groups (broad SMARTS) is 2. The van der Waals surface area contributed by atoms with Gasteiger partial charge in [-0.05, 0) is 96.3 Å². The predicted octanol–water partition coefficient (Wildman–Crippen LogP) is -0.612. The number of hydrogen-bond acceptors (Lipinski definition) is 23. The van der Waals surface area contributed by atoms with Crippen LogP contribution in [-0.2, 0) is 114 Å². The number of primary amides is 1. The molecule has 20 N–H and O–H groups in total. The van der Waals surface area contributed by atoms with Gasteiger partial charge in [0.15, 0.2) is 17.5 Å². The number of para-hydroxylation sites is 1. The zero-order valence-electron chi connectivity index (χ0n) is 75.5. The second-order valence-corrected chi connectivity index (χ2v) is 34.9. The van der Waals surface area contributed by atoms with Crippen LogP contribution in [0.25, 0.3) is 10.9 Å². The number of likely N-dealkylation sites (tertiary alicyclic amines) is 2. The maximum Gasteiger partial charge on any atom is 0.305 e. The van der Waals surface area contributed by atoms with Crippen molar-refractivity contribution in [2.45, 2.75) is 208 Å². The number of aliphatic carboxylic acids is 2. The first-order valence-electron chi connectivity index (χ1n) is 44.0. The van der Waals surface area contributed by atoms with E-state index in [4.69, 9.17) is 17.2 Å². The molecule has 6 aromatic rings. The molecular formula is C92H118F3N17O22S. The maximum atomic E-state index is 15.4. The molecule has 2 aliphatic heterocycles. The molecule has 5 aromatic carbocycles. The minimum absolute atomic E-state index is 0.0579. The molecule has 39 nitrogen and oxygen atoms in total. The number of carbonyl (C=O) groups excluding carboxylic acids is 15. The van der Waals surface area contributed by atoms with Gasteiger partial charge in [-0.25, -0.2) is 13.2 Å². The molecule has 3 heterocycles. The maximum absolute atomic E-state index is 15.4. The number of fused-ring (bicyclic) bond motifs is 1. The smallest absolute Gasteiger partial charge is 0.305 e. The van der Waals surface area contributed by atoms with E-state index >= 15 is 37.5 Å². The number of nitrogens with zero attached hydrogens (tertiary/aromatic N) is 5. The molecule has 14 amide bonds. The largest absolute Gasteiger partial charge is 0.508 e. The molecule has 135 heavy (non-hydrogen) atoms. The Kier molecular flexibility index (Phi) is 40.5. The van der Waals surface area contributed by atoms with Crippen molar-refractivity contribution in [2.24, 2.45) is 23.1 Å². The lowest BCUT2D eigenvalue weighted by Gasteiger charge is -2.37. The lowest BCUT2D eigenvalue weighted by Crippen LogP contribution is -2.61. The van der Waals surface area contributed by atoms with Gasteiger partial charge in [-0.2, -0.15) is 0 Å². The number of phenolic OH excluding ortho intramolecular Hbond substituents is 1. The topological polar surface area (TPSA) is 598 Å².